The summed E-state index contributed by atoms with van der Waals surface area (Å²) in [5, 5.41) is 0. The predicted molar refractivity (Wildman–Crippen MR) is 145 cm³/mol. The molecule has 2 saturated carbocycles. The maximum Gasteiger partial charge on any atom is 0.309 e. The van der Waals surface area contributed by atoms with Crippen LogP contribution in [0.25, 0.3) is 0 Å². The standard InChI is InChI=1S/C31H44O10/c1-11-14(2)28(36)40-27-16(4)13-30-26(35)17(5)24(38-19(7)33)21-22(29(21,9)10)25(39-20(8)34)23(37-18(6)32)15(3)12-31(27,30)41-30/h12,14,16-17,21-25,27H,11,13H2,1-10H3/b15-12+/t14-,16+,17-,21+,22-,23-,24+,25+,27+,30+,31+/m1/s1. The van der Waals surface area contributed by atoms with E-state index in [1.807, 2.05) is 27.7 Å². The van der Waals surface area contributed by atoms with Gasteiger partial charge in [0.25, 0.3) is 0 Å². The Morgan fingerprint density at radius 2 is 1.49 bits per heavy atom. The Hall–Kier alpha value is -2.75. The van der Waals surface area contributed by atoms with Crippen LogP contribution in [0.4, 0.5) is 0 Å². The van der Waals surface area contributed by atoms with Gasteiger partial charge in [0.2, 0.25) is 0 Å². The summed E-state index contributed by atoms with van der Waals surface area (Å²) in [6.45, 7) is 16.8. The molecule has 3 aliphatic carbocycles. The first-order valence-electron chi connectivity index (χ1n) is 14.6. The van der Waals surface area contributed by atoms with Crippen molar-refractivity contribution in [2.75, 3.05) is 0 Å². The van der Waals surface area contributed by atoms with Crippen molar-refractivity contribution in [1.29, 1.82) is 0 Å². The zero-order chi connectivity index (χ0) is 30.8. The molecule has 0 unspecified atom stereocenters. The second-order valence-electron chi connectivity index (χ2n) is 13.2. The highest BCUT2D eigenvalue weighted by atomic mass is 16.7. The van der Waals surface area contributed by atoms with Crippen molar-refractivity contribution in [3.63, 3.8) is 0 Å². The van der Waals surface area contributed by atoms with Crippen molar-refractivity contribution < 1.29 is 47.7 Å². The SMILES string of the molecule is CC[C@@H](C)C(=O)O[C@H]1[C@@H](C)C[C@@]23O[C@@]12/C=C(\C)[C@@H](OC(C)=O)[C@@H](OC(C)=O)[C@H]1[C@@H]([C@@H](OC(C)=O)[C@@H](C)C3=O)C1(C)C. The van der Waals surface area contributed by atoms with E-state index in [9.17, 15) is 24.0 Å². The Kier molecular flexibility index (Phi) is 7.99. The van der Waals surface area contributed by atoms with Gasteiger partial charge in [0, 0.05) is 32.6 Å². The summed E-state index contributed by atoms with van der Waals surface area (Å²) in [4.78, 5) is 64.5. The maximum atomic E-state index is 14.4. The number of epoxide rings is 1. The highest BCUT2D eigenvalue weighted by Gasteiger charge is 2.84. The Bertz CT molecular complexity index is 1170. The number of ether oxygens (including phenoxy) is 5. The van der Waals surface area contributed by atoms with Crippen molar-refractivity contribution >= 4 is 29.7 Å². The molecule has 0 aromatic rings. The van der Waals surface area contributed by atoms with Crippen molar-refractivity contribution in [3.05, 3.63) is 11.6 Å². The van der Waals surface area contributed by atoms with E-state index in [4.69, 9.17) is 23.7 Å². The average molecular weight is 577 g/mol. The minimum absolute atomic E-state index is 0.228. The molecule has 4 rings (SSSR count). The van der Waals surface area contributed by atoms with Crippen molar-refractivity contribution in [2.45, 2.75) is 118 Å². The molecule has 41 heavy (non-hydrogen) atoms. The van der Waals surface area contributed by atoms with Gasteiger partial charge in [-0.15, -0.1) is 0 Å². The van der Waals surface area contributed by atoms with Crippen LogP contribution in [0.2, 0.25) is 0 Å². The number of fused-ring (bicyclic) bond motifs is 1. The van der Waals surface area contributed by atoms with E-state index in [2.05, 4.69) is 0 Å². The number of hydrogen-bond acceptors (Lipinski definition) is 10. The number of rotatable bonds is 6. The molecule has 1 aliphatic heterocycles. The number of Topliss-reactive ketones (excluding diaryl/α,β-unsaturated/α-hetero) is 1. The Morgan fingerprint density at radius 3 is 2.02 bits per heavy atom. The zero-order valence-electron chi connectivity index (χ0n) is 25.8. The van der Waals surface area contributed by atoms with Crippen LogP contribution >= 0.6 is 0 Å². The van der Waals surface area contributed by atoms with E-state index in [0.29, 0.717) is 18.4 Å². The molecule has 0 bridgehead atoms. The molecular formula is C31H44O10. The Labute approximate surface area is 241 Å². The van der Waals surface area contributed by atoms with Gasteiger partial charge in [0.15, 0.2) is 23.1 Å². The first-order valence-corrected chi connectivity index (χ1v) is 14.6. The quantitative estimate of drug-likeness (QED) is 0.199. The second-order valence-corrected chi connectivity index (χ2v) is 13.2. The lowest BCUT2D eigenvalue weighted by Gasteiger charge is -2.30. The van der Waals surface area contributed by atoms with Crippen LogP contribution in [0.15, 0.2) is 11.6 Å². The summed E-state index contributed by atoms with van der Waals surface area (Å²) in [7, 11) is 0. The summed E-state index contributed by atoms with van der Waals surface area (Å²) in [5.41, 5.74) is -2.64. The molecule has 0 N–H and O–H groups in total. The number of ketones is 1. The Balaban J connectivity index is 1.91. The van der Waals surface area contributed by atoms with Gasteiger partial charge in [-0.3, -0.25) is 24.0 Å². The van der Waals surface area contributed by atoms with Crippen molar-refractivity contribution in [1.82, 2.24) is 0 Å². The van der Waals surface area contributed by atoms with Crippen LogP contribution < -0.4 is 0 Å². The summed E-state index contributed by atoms with van der Waals surface area (Å²) in [6.07, 6.45) is -0.932. The van der Waals surface area contributed by atoms with Gasteiger partial charge < -0.3 is 23.7 Å². The van der Waals surface area contributed by atoms with Crippen LogP contribution in [-0.4, -0.2) is 65.3 Å². The monoisotopic (exact) mass is 576 g/mol. The normalized spacial score (nSPS) is 42.5. The van der Waals surface area contributed by atoms with E-state index < -0.39 is 64.9 Å². The Morgan fingerprint density at radius 1 is 0.951 bits per heavy atom. The molecule has 0 spiro atoms. The summed E-state index contributed by atoms with van der Waals surface area (Å²) in [6, 6.07) is 0. The molecule has 0 aromatic heterocycles. The molecule has 1 saturated heterocycles. The van der Waals surface area contributed by atoms with E-state index >= 15 is 0 Å². The highest BCUT2D eigenvalue weighted by Crippen LogP contribution is 2.69. The molecule has 228 valence electrons. The van der Waals surface area contributed by atoms with E-state index in [0.717, 1.165) is 0 Å². The highest BCUT2D eigenvalue weighted by molar-refractivity contribution is 5.96. The van der Waals surface area contributed by atoms with Gasteiger partial charge in [-0.05, 0) is 42.7 Å². The predicted octanol–water partition coefficient (Wildman–Crippen LogP) is 3.72. The fourth-order valence-corrected chi connectivity index (χ4v) is 7.62. The smallest absolute Gasteiger partial charge is 0.309 e. The lowest BCUT2D eigenvalue weighted by molar-refractivity contribution is -0.166. The number of carbonyl (C=O) groups is 5. The molecule has 10 nitrogen and oxygen atoms in total. The van der Waals surface area contributed by atoms with Crippen LogP contribution in [-0.2, 0) is 47.7 Å². The fraction of sp³-hybridized carbons (Fsp3) is 0.774. The average Bonchev–Trinajstić information content (AvgIpc) is 3.65. The number of esters is 4. The van der Waals surface area contributed by atoms with Crippen molar-refractivity contribution in [2.24, 2.45) is 35.0 Å². The third kappa shape index (κ3) is 5.00. The van der Waals surface area contributed by atoms with Crippen LogP contribution in [0.1, 0.15) is 82.1 Å². The zero-order valence-corrected chi connectivity index (χ0v) is 25.8. The van der Waals surface area contributed by atoms with Gasteiger partial charge in [-0.25, -0.2) is 0 Å². The summed E-state index contributed by atoms with van der Waals surface area (Å²) >= 11 is 0. The van der Waals surface area contributed by atoms with Crippen molar-refractivity contribution in [3.8, 4) is 0 Å². The number of carbonyl (C=O) groups excluding carboxylic acids is 5. The van der Waals surface area contributed by atoms with Gasteiger partial charge in [-0.1, -0.05) is 41.5 Å². The molecule has 4 aliphatic rings. The van der Waals surface area contributed by atoms with Crippen LogP contribution in [0.5, 0.6) is 0 Å². The van der Waals surface area contributed by atoms with Gasteiger partial charge >= 0.3 is 23.9 Å². The topological polar surface area (TPSA) is 135 Å². The first kappa shape index (κ1) is 31.2. The molecular weight excluding hydrogens is 532 g/mol. The molecule has 0 aromatic carbocycles. The largest absolute Gasteiger partial charge is 0.461 e. The van der Waals surface area contributed by atoms with E-state index in [1.165, 1.54) is 20.8 Å². The third-order valence-electron chi connectivity index (χ3n) is 9.83. The molecule has 0 radical (unpaired) electrons. The lowest BCUT2D eigenvalue weighted by atomic mass is 9.80. The third-order valence-corrected chi connectivity index (χ3v) is 9.83. The first-order chi connectivity index (χ1) is 18.9. The lowest BCUT2D eigenvalue weighted by Crippen LogP contribution is -2.43. The summed E-state index contributed by atoms with van der Waals surface area (Å²) in [5.74, 6) is -4.42. The molecule has 0 amide bonds. The maximum absolute atomic E-state index is 14.4. The molecule has 10 heteroatoms. The molecule has 11 atom stereocenters. The van der Waals surface area contributed by atoms with E-state index in [-0.39, 0.29) is 35.4 Å². The van der Waals surface area contributed by atoms with Crippen LogP contribution in [0.3, 0.4) is 0 Å². The van der Waals surface area contributed by atoms with E-state index in [1.54, 1.807) is 26.8 Å². The van der Waals surface area contributed by atoms with Crippen LogP contribution in [0, 0.1) is 35.0 Å². The minimum atomic E-state index is -1.32. The molecule has 1 heterocycles. The minimum Gasteiger partial charge on any atom is -0.461 e. The fourth-order valence-electron chi connectivity index (χ4n) is 7.62. The number of hydrogen-bond donors (Lipinski definition) is 0. The summed E-state index contributed by atoms with van der Waals surface area (Å²) < 4.78 is 29.9. The van der Waals surface area contributed by atoms with Gasteiger partial charge in [-0.2, -0.15) is 0 Å². The molecule has 3 fully saturated rings. The van der Waals surface area contributed by atoms with Gasteiger partial charge in [0.05, 0.1) is 11.8 Å². The second kappa shape index (κ2) is 10.5. The van der Waals surface area contributed by atoms with Gasteiger partial charge in [0.1, 0.15) is 18.3 Å².